The minimum Gasteiger partial charge on any atom is -0.497 e. The summed E-state index contributed by atoms with van der Waals surface area (Å²) in [6.45, 7) is 2.46. The molecule has 2 heterocycles. The van der Waals surface area contributed by atoms with Crippen molar-refractivity contribution in [1.29, 1.82) is 0 Å². The van der Waals surface area contributed by atoms with Crippen molar-refractivity contribution in [2.45, 2.75) is 13.3 Å². The van der Waals surface area contributed by atoms with Gasteiger partial charge in [-0.05, 0) is 43.2 Å². The topological polar surface area (TPSA) is 64.4 Å². The summed E-state index contributed by atoms with van der Waals surface area (Å²) in [6.07, 6.45) is 0.724. The average Bonchev–Trinajstić information content (AvgIpc) is 3.24. The number of benzene rings is 1. The number of methoxy groups -OCH3 is 1. The van der Waals surface area contributed by atoms with Crippen molar-refractivity contribution >= 4 is 17.2 Å². The van der Waals surface area contributed by atoms with E-state index in [0.717, 1.165) is 28.4 Å². The van der Waals surface area contributed by atoms with E-state index in [4.69, 9.17) is 9.15 Å². The van der Waals surface area contributed by atoms with Gasteiger partial charge in [0.2, 0.25) is 0 Å². The zero-order chi connectivity index (χ0) is 16.9. The molecule has 0 unspecified atom stereocenters. The second-order valence-corrected chi connectivity index (χ2v) is 6.34. The number of nitrogens with zero attached hydrogens (tertiary/aromatic N) is 1. The third-order valence-electron chi connectivity index (χ3n) is 3.53. The summed E-state index contributed by atoms with van der Waals surface area (Å²) in [5.41, 5.74) is 1.86. The Kier molecular flexibility index (Phi) is 4.96. The van der Waals surface area contributed by atoms with Gasteiger partial charge in [0.1, 0.15) is 11.4 Å². The van der Waals surface area contributed by atoms with E-state index < -0.39 is 0 Å². The molecule has 1 amide bonds. The highest BCUT2D eigenvalue weighted by Crippen LogP contribution is 2.23. The highest BCUT2D eigenvalue weighted by atomic mass is 32.1. The van der Waals surface area contributed by atoms with Gasteiger partial charge in [0.25, 0.3) is 5.91 Å². The van der Waals surface area contributed by atoms with Crippen LogP contribution < -0.4 is 10.1 Å². The van der Waals surface area contributed by atoms with Gasteiger partial charge in [0.15, 0.2) is 11.5 Å². The molecule has 2 aromatic heterocycles. The smallest absolute Gasteiger partial charge is 0.287 e. The quantitative estimate of drug-likeness (QED) is 0.742. The maximum Gasteiger partial charge on any atom is 0.287 e. The van der Waals surface area contributed by atoms with E-state index in [1.54, 1.807) is 30.6 Å². The van der Waals surface area contributed by atoms with E-state index in [1.165, 1.54) is 0 Å². The number of thiazole rings is 1. The first kappa shape index (κ1) is 16.3. The van der Waals surface area contributed by atoms with Crippen LogP contribution in [-0.2, 0) is 6.42 Å². The van der Waals surface area contributed by atoms with E-state index in [0.29, 0.717) is 18.1 Å². The minimum absolute atomic E-state index is 0.226. The van der Waals surface area contributed by atoms with Gasteiger partial charge in [-0.3, -0.25) is 4.79 Å². The largest absolute Gasteiger partial charge is 0.497 e. The Morgan fingerprint density at radius 3 is 2.96 bits per heavy atom. The monoisotopic (exact) mass is 342 g/mol. The van der Waals surface area contributed by atoms with Crippen LogP contribution in [0.25, 0.3) is 11.5 Å². The predicted molar refractivity (Wildman–Crippen MR) is 93.6 cm³/mol. The second kappa shape index (κ2) is 7.31. The van der Waals surface area contributed by atoms with Crippen LogP contribution in [0.4, 0.5) is 0 Å². The molecule has 0 saturated heterocycles. The Bertz CT molecular complexity index is 838. The fourth-order valence-electron chi connectivity index (χ4n) is 2.31. The normalized spacial score (nSPS) is 10.6. The van der Waals surface area contributed by atoms with E-state index in [9.17, 15) is 4.79 Å². The van der Waals surface area contributed by atoms with E-state index in [2.05, 4.69) is 10.3 Å². The van der Waals surface area contributed by atoms with Crippen LogP contribution in [0.5, 0.6) is 5.75 Å². The number of aryl methyl sites for hydroxylation is 1. The van der Waals surface area contributed by atoms with Crippen molar-refractivity contribution in [3.63, 3.8) is 0 Å². The fourth-order valence-corrected chi connectivity index (χ4v) is 2.91. The van der Waals surface area contributed by atoms with Crippen molar-refractivity contribution in [3.8, 4) is 17.2 Å². The lowest BCUT2D eigenvalue weighted by Crippen LogP contribution is -2.25. The molecule has 0 spiro atoms. The molecule has 3 rings (SSSR count). The van der Waals surface area contributed by atoms with Gasteiger partial charge in [-0.25, -0.2) is 4.98 Å². The minimum atomic E-state index is -0.226. The van der Waals surface area contributed by atoms with E-state index in [-0.39, 0.29) is 5.91 Å². The zero-order valence-corrected chi connectivity index (χ0v) is 14.4. The van der Waals surface area contributed by atoms with Gasteiger partial charge in [-0.1, -0.05) is 12.1 Å². The second-order valence-electron chi connectivity index (χ2n) is 5.27. The number of carbonyl (C=O) groups excluding carboxylic acids is 1. The SMILES string of the molecule is COc1cccc(CCNC(=O)c2ccc(-c3csc(C)n3)o2)c1. The fraction of sp³-hybridized carbons (Fsp3) is 0.222. The lowest BCUT2D eigenvalue weighted by Gasteiger charge is -2.05. The molecule has 0 aliphatic carbocycles. The number of carbonyl (C=O) groups is 1. The number of hydrogen-bond donors (Lipinski definition) is 1. The highest BCUT2D eigenvalue weighted by molar-refractivity contribution is 7.09. The van der Waals surface area contributed by atoms with Crippen molar-refractivity contribution < 1.29 is 13.9 Å². The Balaban J connectivity index is 1.56. The number of hydrogen-bond acceptors (Lipinski definition) is 5. The number of amides is 1. The summed E-state index contributed by atoms with van der Waals surface area (Å²) in [6, 6.07) is 11.2. The first-order chi connectivity index (χ1) is 11.7. The van der Waals surface area contributed by atoms with E-state index in [1.807, 2.05) is 36.6 Å². The van der Waals surface area contributed by atoms with Crippen molar-refractivity contribution in [3.05, 3.63) is 58.1 Å². The van der Waals surface area contributed by atoms with Crippen molar-refractivity contribution in [2.24, 2.45) is 0 Å². The van der Waals surface area contributed by atoms with Crippen LogP contribution in [0.15, 0.2) is 46.2 Å². The molecule has 1 aromatic carbocycles. The van der Waals surface area contributed by atoms with Crippen LogP contribution in [0.1, 0.15) is 21.1 Å². The molecule has 0 aliphatic heterocycles. The molecule has 0 atom stereocenters. The maximum atomic E-state index is 12.2. The molecular weight excluding hydrogens is 324 g/mol. The number of aromatic nitrogens is 1. The lowest BCUT2D eigenvalue weighted by molar-refractivity contribution is 0.0927. The van der Waals surface area contributed by atoms with E-state index >= 15 is 0 Å². The molecule has 1 N–H and O–H groups in total. The van der Waals surface area contributed by atoms with Gasteiger partial charge in [0.05, 0.1) is 12.1 Å². The number of rotatable bonds is 6. The summed E-state index contributed by atoms with van der Waals surface area (Å²) < 4.78 is 10.8. The maximum absolute atomic E-state index is 12.2. The van der Waals surface area contributed by atoms with Crippen molar-refractivity contribution in [2.75, 3.05) is 13.7 Å². The molecule has 0 fully saturated rings. The highest BCUT2D eigenvalue weighted by Gasteiger charge is 2.13. The number of nitrogens with one attached hydrogen (secondary N) is 1. The molecule has 6 heteroatoms. The summed E-state index contributed by atoms with van der Waals surface area (Å²) in [7, 11) is 1.64. The van der Waals surface area contributed by atoms with Crippen LogP contribution in [0.2, 0.25) is 0 Å². The predicted octanol–water partition coefficient (Wildman–Crippen LogP) is 3.69. The van der Waals surface area contributed by atoms with Gasteiger partial charge in [-0.2, -0.15) is 0 Å². The molecule has 0 radical (unpaired) electrons. The summed E-state index contributed by atoms with van der Waals surface area (Å²) in [4.78, 5) is 16.5. The third kappa shape index (κ3) is 3.83. The van der Waals surface area contributed by atoms with Crippen molar-refractivity contribution in [1.82, 2.24) is 10.3 Å². The molecule has 0 bridgehead atoms. The van der Waals surface area contributed by atoms with Gasteiger partial charge in [-0.15, -0.1) is 11.3 Å². The first-order valence-corrected chi connectivity index (χ1v) is 8.47. The molecular formula is C18H18N2O3S. The molecule has 124 valence electrons. The summed E-state index contributed by atoms with van der Waals surface area (Å²) in [5, 5.41) is 5.74. The molecule has 3 aromatic rings. The number of furan rings is 1. The van der Waals surface area contributed by atoms with Gasteiger partial charge < -0.3 is 14.5 Å². The molecule has 24 heavy (non-hydrogen) atoms. The van der Waals surface area contributed by atoms with Crippen LogP contribution in [0.3, 0.4) is 0 Å². The molecule has 0 aliphatic rings. The Labute approximate surface area is 144 Å². The first-order valence-electron chi connectivity index (χ1n) is 7.59. The van der Waals surface area contributed by atoms with Gasteiger partial charge >= 0.3 is 0 Å². The Hall–Kier alpha value is -2.60. The standard InChI is InChI=1S/C18H18N2O3S/c1-12-20-15(11-24-12)16-6-7-17(23-16)18(21)19-9-8-13-4-3-5-14(10-13)22-2/h3-7,10-11H,8-9H2,1-2H3,(H,19,21). The lowest BCUT2D eigenvalue weighted by atomic mass is 10.1. The van der Waals surface area contributed by atoms with Gasteiger partial charge in [0, 0.05) is 11.9 Å². The number of ether oxygens (including phenoxy) is 1. The Morgan fingerprint density at radius 2 is 2.21 bits per heavy atom. The Morgan fingerprint density at radius 1 is 1.33 bits per heavy atom. The average molecular weight is 342 g/mol. The molecule has 0 saturated carbocycles. The molecule has 5 nitrogen and oxygen atoms in total. The summed E-state index contributed by atoms with van der Waals surface area (Å²) in [5.74, 6) is 1.49. The summed E-state index contributed by atoms with van der Waals surface area (Å²) >= 11 is 1.55. The van der Waals surface area contributed by atoms with Crippen LogP contribution >= 0.6 is 11.3 Å². The van der Waals surface area contributed by atoms with Crippen LogP contribution in [-0.4, -0.2) is 24.5 Å². The van der Waals surface area contributed by atoms with Crippen LogP contribution in [0, 0.1) is 6.92 Å². The zero-order valence-electron chi connectivity index (χ0n) is 13.5. The third-order valence-corrected chi connectivity index (χ3v) is 4.31.